The van der Waals surface area contributed by atoms with Crippen molar-refractivity contribution in [1.82, 2.24) is 4.57 Å². The Balaban J connectivity index is 2.41. The van der Waals surface area contributed by atoms with E-state index in [4.69, 9.17) is 13.3 Å². The van der Waals surface area contributed by atoms with Crippen LogP contribution in [0.25, 0.3) is 0 Å². The molecular formula is C14H25N2O4Si+. The highest BCUT2D eigenvalue weighted by Gasteiger charge is 2.37. The van der Waals surface area contributed by atoms with E-state index in [-0.39, 0.29) is 5.78 Å². The molecule has 0 radical (unpaired) electrons. The van der Waals surface area contributed by atoms with Crippen molar-refractivity contribution in [3.63, 3.8) is 0 Å². The fourth-order valence-electron chi connectivity index (χ4n) is 2.08. The number of ketones is 1. The second kappa shape index (κ2) is 8.88. The molecule has 0 bridgehead atoms. The lowest BCUT2D eigenvalue weighted by molar-refractivity contribution is -0.696. The Kier molecular flexibility index (Phi) is 7.52. The molecule has 0 fully saturated rings. The van der Waals surface area contributed by atoms with Crippen LogP contribution in [-0.2, 0) is 31.2 Å². The molecule has 0 aromatic carbocycles. The molecule has 1 aromatic rings. The van der Waals surface area contributed by atoms with Crippen molar-refractivity contribution in [2.75, 3.05) is 21.3 Å². The van der Waals surface area contributed by atoms with Crippen LogP contribution in [0.15, 0.2) is 31.4 Å². The molecule has 0 N–H and O–H groups in total. The number of rotatable bonds is 11. The summed E-state index contributed by atoms with van der Waals surface area (Å²) < 4.78 is 20.2. The van der Waals surface area contributed by atoms with Gasteiger partial charge in [0, 0.05) is 33.8 Å². The summed E-state index contributed by atoms with van der Waals surface area (Å²) in [5, 5.41) is 0. The van der Waals surface area contributed by atoms with Crippen molar-refractivity contribution in [2.24, 2.45) is 0 Å². The summed E-state index contributed by atoms with van der Waals surface area (Å²) in [6.45, 7) is 5.00. The normalized spacial score (nSPS) is 11.6. The van der Waals surface area contributed by atoms with Gasteiger partial charge in [-0.15, -0.1) is 0 Å². The van der Waals surface area contributed by atoms with Gasteiger partial charge in [-0.25, -0.2) is 9.13 Å². The molecule has 0 spiro atoms. The van der Waals surface area contributed by atoms with Crippen LogP contribution in [0.1, 0.15) is 12.8 Å². The third-order valence-corrected chi connectivity index (χ3v) is 6.25. The van der Waals surface area contributed by atoms with Gasteiger partial charge in [-0.1, -0.05) is 6.58 Å². The SMILES string of the molecule is C=CC(=O)CCn1cc[n+](CCC[Si](OC)(OC)OC)c1. The molecule has 0 saturated heterocycles. The van der Waals surface area contributed by atoms with Gasteiger partial charge in [-0.05, 0) is 12.5 Å². The van der Waals surface area contributed by atoms with Gasteiger partial charge in [0.15, 0.2) is 5.78 Å². The van der Waals surface area contributed by atoms with Gasteiger partial charge >= 0.3 is 8.80 Å². The van der Waals surface area contributed by atoms with Crippen molar-refractivity contribution in [1.29, 1.82) is 0 Å². The van der Waals surface area contributed by atoms with Gasteiger partial charge in [0.2, 0.25) is 6.33 Å². The van der Waals surface area contributed by atoms with Crippen LogP contribution in [0.4, 0.5) is 0 Å². The Morgan fingerprint density at radius 3 is 2.57 bits per heavy atom. The van der Waals surface area contributed by atoms with E-state index in [2.05, 4.69) is 11.1 Å². The molecular weight excluding hydrogens is 288 g/mol. The number of hydrogen-bond acceptors (Lipinski definition) is 4. The number of imidazole rings is 1. The Labute approximate surface area is 127 Å². The van der Waals surface area contributed by atoms with Crippen LogP contribution in [0.2, 0.25) is 6.04 Å². The number of carbonyl (C=O) groups is 1. The highest BCUT2D eigenvalue weighted by atomic mass is 28.4. The average molecular weight is 313 g/mol. The summed E-state index contributed by atoms with van der Waals surface area (Å²) in [5.41, 5.74) is 0. The Bertz CT molecular complexity index is 449. The maximum absolute atomic E-state index is 11.2. The Hall–Kier alpha value is -1.28. The van der Waals surface area contributed by atoms with E-state index in [1.54, 1.807) is 21.3 Å². The summed E-state index contributed by atoms with van der Waals surface area (Å²) in [7, 11) is 2.40. The van der Waals surface area contributed by atoms with Crippen LogP contribution in [-0.4, -0.2) is 40.5 Å². The smallest absolute Gasteiger partial charge is 0.377 e. The first-order valence-corrected chi connectivity index (χ1v) is 8.88. The lowest BCUT2D eigenvalue weighted by Crippen LogP contribution is -2.43. The minimum atomic E-state index is -2.48. The summed E-state index contributed by atoms with van der Waals surface area (Å²) in [6, 6.07) is 0.767. The monoisotopic (exact) mass is 313 g/mol. The number of aryl methyl sites for hydroxylation is 2. The zero-order chi connectivity index (χ0) is 15.7. The van der Waals surface area contributed by atoms with Gasteiger partial charge in [-0.2, -0.15) is 0 Å². The first-order chi connectivity index (χ1) is 10.1. The number of allylic oxidation sites excluding steroid dienone is 1. The molecule has 0 aliphatic carbocycles. The fourth-order valence-corrected chi connectivity index (χ4v) is 3.78. The summed E-state index contributed by atoms with van der Waals surface area (Å²) >= 11 is 0. The third kappa shape index (κ3) is 5.54. The maximum atomic E-state index is 11.2. The van der Waals surface area contributed by atoms with Gasteiger partial charge in [-0.3, -0.25) is 4.79 Å². The largest absolute Gasteiger partial charge is 0.500 e. The first kappa shape index (κ1) is 17.8. The first-order valence-electron chi connectivity index (χ1n) is 6.94. The molecule has 0 unspecified atom stereocenters. The third-order valence-electron chi connectivity index (χ3n) is 3.42. The van der Waals surface area contributed by atoms with E-state index >= 15 is 0 Å². The highest BCUT2D eigenvalue weighted by molar-refractivity contribution is 6.60. The van der Waals surface area contributed by atoms with Gasteiger partial charge in [0.25, 0.3) is 0 Å². The zero-order valence-electron chi connectivity index (χ0n) is 13.1. The molecule has 21 heavy (non-hydrogen) atoms. The number of nitrogens with zero attached hydrogens (tertiary/aromatic N) is 2. The predicted octanol–water partition coefficient (Wildman–Crippen LogP) is 1.19. The lowest BCUT2D eigenvalue weighted by atomic mass is 10.3. The van der Waals surface area contributed by atoms with Crippen LogP contribution in [0.5, 0.6) is 0 Å². The average Bonchev–Trinajstić information content (AvgIpc) is 2.97. The highest BCUT2D eigenvalue weighted by Crippen LogP contribution is 2.14. The summed E-state index contributed by atoms with van der Waals surface area (Å²) in [6.07, 6.45) is 8.69. The quantitative estimate of drug-likeness (QED) is 0.350. The van der Waals surface area contributed by atoms with Crippen molar-refractivity contribution in [2.45, 2.75) is 32.0 Å². The van der Waals surface area contributed by atoms with Crippen LogP contribution in [0, 0.1) is 0 Å². The van der Waals surface area contributed by atoms with Gasteiger partial charge in [0.05, 0.1) is 13.1 Å². The van der Waals surface area contributed by atoms with E-state index in [0.717, 1.165) is 19.0 Å². The molecule has 0 amide bonds. The van der Waals surface area contributed by atoms with E-state index < -0.39 is 8.80 Å². The fraction of sp³-hybridized carbons (Fsp3) is 0.571. The van der Waals surface area contributed by atoms with Crippen LogP contribution >= 0.6 is 0 Å². The molecule has 0 aliphatic heterocycles. The van der Waals surface area contributed by atoms with Gasteiger partial charge in [0.1, 0.15) is 12.4 Å². The van der Waals surface area contributed by atoms with Crippen LogP contribution < -0.4 is 4.57 Å². The van der Waals surface area contributed by atoms with Crippen molar-refractivity contribution in [3.05, 3.63) is 31.4 Å². The molecule has 0 aliphatic rings. The molecule has 6 nitrogen and oxygen atoms in total. The molecule has 1 aromatic heterocycles. The lowest BCUT2D eigenvalue weighted by Gasteiger charge is -2.23. The topological polar surface area (TPSA) is 53.6 Å². The predicted molar refractivity (Wildman–Crippen MR) is 80.7 cm³/mol. The van der Waals surface area contributed by atoms with E-state index in [0.29, 0.717) is 13.0 Å². The van der Waals surface area contributed by atoms with Crippen molar-refractivity contribution >= 4 is 14.6 Å². The van der Waals surface area contributed by atoms with Crippen LogP contribution in [0.3, 0.4) is 0 Å². The zero-order valence-corrected chi connectivity index (χ0v) is 14.1. The molecule has 1 rings (SSSR count). The minimum Gasteiger partial charge on any atom is -0.377 e. The maximum Gasteiger partial charge on any atom is 0.500 e. The second-order valence-electron chi connectivity index (χ2n) is 4.71. The van der Waals surface area contributed by atoms with E-state index in [1.165, 1.54) is 6.08 Å². The standard InChI is InChI=1S/C14H25N2O4Si/c1-5-14(17)7-9-16-11-10-15(13-16)8-6-12-21(18-2,19-3)20-4/h5,10-11,13H,1,6-9,12H2,2-4H3/q+1. The number of hydrogen-bond donors (Lipinski definition) is 0. The number of aromatic nitrogens is 2. The van der Waals surface area contributed by atoms with E-state index in [9.17, 15) is 4.79 Å². The number of carbonyl (C=O) groups excluding carboxylic acids is 1. The van der Waals surface area contributed by atoms with Crippen molar-refractivity contribution < 1.29 is 22.6 Å². The molecule has 1 heterocycles. The molecule has 7 heteroatoms. The summed E-state index contributed by atoms with van der Waals surface area (Å²) in [4.78, 5) is 11.2. The molecule has 0 atom stereocenters. The summed E-state index contributed by atoms with van der Waals surface area (Å²) in [5.74, 6) is 0.0614. The molecule has 0 saturated carbocycles. The van der Waals surface area contributed by atoms with E-state index in [1.807, 2.05) is 23.3 Å². The van der Waals surface area contributed by atoms with Crippen molar-refractivity contribution in [3.8, 4) is 0 Å². The Morgan fingerprint density at radius 1 is 1.33 bits per heavy atom. The van der Waals surface area contributed by atoms with Gasteiger partial charge < -0.3 is 13.3 Å². The molecule has 118 valence electrons. The Morgan fingerprint density at radius 2 is 2.00 bits per heavy atom. The minimum absolute atomic E-state index is 0.0614. The second-order valence-corrected chi connectivity index (χ2v) is 7.80.